The summed E-state index contributed by atoms with van der Waals surface area (Å²) < 4.78 is 0. The Morgan fingerprint density at radius 2 is 1.50 bits per heavy atom. The first-order chi connectivity index (χ1) is 3.39. The quantitative estimate of drug-likeness (QED) is 0.472. The van der Waals surface area contributed by atoms with E-state index in [2.05, 4.69) is 19.1 Å². The molecule has 0 aliphatic rings. The molecule has 0 atom stereocenters. The van der Waals surface area contributed by atoms with Crippen molar-refractivity contribution in [1.29, 1.82) is 0 Å². The summed E-state index contributed by atoms with van der Waals surface area (Å²) in [4.78, 5) is 0. The molecule has 0 aliphatic heterocycles. The third-order valence-corrected chi connectivity index (χ3v) is 0.940. The number of benzene rings is 1. The van der Waals surface area contributed by atoms with Crippen LogP contribution in [0.2, 0.25) is 0 Å². The van der Waals surface area contributed by atoms with E-state index in [0.29, 0.717) is 0 Å². The molecule has 0 bridgehead atoms. The average molecular weight is 104 g/mol. The minimum Gasteiger partial charge on any atom is -0.0622 e. The molecule has 1 rings (SSSR count). The Morgan fingerprint density at radius 1 is 1.00 bits per heavy atom. The van der Waals surface area contributed by atoms with Gasteiger partial charge in [-0.3, -0.25) is 0 Å². The van der Waals surface area contributed by atoms with E-state index < -0.39 is 0 Å². The summed E-state index contributed by atoms with van der Waals surface area (Å²) in [5.74, 6) is 0. The van der Waals surface area contributed by atoms with Crippen LogP contribution < -0.4 is 0 Å². The van der Waals surface area contributed by atoms with Crippen LogP contribution in [0.15, 0.2) is 30.3 Å². The Balaban J connectivity index is 0.000000490. The molecule has 0 saturated carbocycles. The van der Waals surface area contributed by atoms with Crippen LogP contribution in [-0.2, 0) is 0 Å². The third-order valence-electron chi connectivity index (χ3n) is 0.940. The Hall–Kier alpha value is -0.780. The van der Waals surface area contributed by atoms with Crippen molar-refractivity contribution >= 4 is 0 Å². The van der Waals surface area contributed by atoms with E-state index in [1.165, 1.54) is 5.56 Å². The van der Waals surface area contributed by atoms with Gasteiger partial charge in [0.2, 0.25) is 0 Å². The molecule has 0 heteroatoms. The highest BCUT2D eigenvalue weighted by Crippen LogP contribution is 1.92. The van der Waals surface area contributed by atoms with Gasteiger partial charge in [-0.15, -0.1) is 0 Å². The van der Waals surface area contributed by atoms with Gasteiger partial charge in [0.1, 0.15) is 0 Å². The van der Waals surface area contributed by atoms with Crippen LogP contribution in [0, 0.1) is 14.4 Å². The first-order valence-corrected chi connectivity index (χ1v) is 2.41. The molecular weight excluding hydrogens is 96.1 g/mol. The number of rotatable bonds is 0. The SMILES string of the molecule is Cc1ccccc1.[C]. The molecule has 0 N–H and O–H groups in total. The fourth-order valence-corrected chi connectivity index (χ4v) is 0.534. The summed E-state index contributed by atoms with van der Waals surface area (Å²) in [5, 5.41) is 0. The Kier molecular flexibility index (Phi) is 2.93. The largest absolute Gasteiger partial charge is 0.0622 e. The number of hydrogen-bond donors (Lipinski definition) is 0. The van der Waals surface area contributed by atoms with Gasteiger partial charge in [-0.1, -0.05) is 35.9 Å². The van der Waals surface area contributed by atoms with Gasteiger partial charge >= 0.3 is 0 Å². The summed E-state index contributed by atoms with van der Waals surface area (Å²) in [6.07, 6.45) is 0. The molecule has 40 valence electrons. The molecule has 4 radical (unpaired) electrons. The van der Waals surface area contributed by atoms with E-state index in [1.54, 1.807) is 0 Å². The Bertz CT molecular complexity index is 130. The van der Waals surface area contributed by atoms with E-state index in [1.807, 2.05) is 18.2 Å². The van der Waals surface area contributed by atoms with Crippen LogP contribution in [0.25, 0.3) is 0 Å². The van der Waals surface area contributed by atoms with Crippen molar-refractivity contribution in [3.05, 3.63) is 43.3 Å². The molecule has 0 spiro atoms. The van der Waals surface area contributed by atoms with Crippen molar-refractivity contribution in [2.75, 3.05) is 0 Å². The summed E-state index contributed by atoms with van der Waals surface area (Å²) in [6.45, 7) is 2.08. The van der Waals surface area contributed by atoms with Crippen LogP contribution in [-0.4, -0.2) is 0 Å². The van der Waals surface area contributed by atoms with Gasteiger partial charge < -0.3 is 0 Å². The smallest absolute Gasteiger partial charge is 0 e. The number of aryl methyl sites for hydroxylation is 1. The highest BCUT2D eigenvalue weighted by molar-refractivity contribution is 5.11. The van der Waals surface area contributed by atoms with Crippen molar-refractivity contribution in [2.24, 2.45) is 0 Å². The van der Waals surface area contributed by atoms with Crippen molar-refractivity contribution < 1.29 is 0 Å². The lowest BCUT2D eigenvalue weighted by Gasteiger charge is -1.82. The van der Waals surface area contributed by atoms with Gasteiger partial charge in [-0.25, -0.2) is 0 Å². The van der Waals surface area contributed by atoms with E-state index in [0.717, 1.165) is 0 Å². The second-order valence-electron chi connectivity index (χ2n) is 1.65. The van der Waals surface area contributed by atoms with Crippen molar-refractivity contribution in [3.8, 4) is 0 Å². The molecule has 0 amide bonds. The fraction of sp³-hybridized carbons (Fsp3) is 0.125. The van der Waals surface area contributed by atoms with Gasteiger partial charge in [0.25, 0.3) is 0 Å². The van der Waals surface area contributed by atoms with Gasteiger partial charge in [-0.2, -0.15) is 0 Å². The molecule has 8 heavy (non-hydrogen) atoms. The lowest BCUT2D eigenvalue weighted by Crippen LogP contribution is -1.62. The molecule has 0 aromatic heterocycles. The standard InChI is InChI=1S/C7H8.C/c1-7-5-3-2-4-6-7;/h2-6H,1H3;. The normalized spacial score (nSPS) is 7.62. The zero-order valence-electron chi connectivity index (χ0n) is 4.89. The van der Waals surface area contributed by atoms with Crippen LogP contribution in [0.3, 0.4) is 0 Å². The summed E-state index contributed by atoms with van der Waals surface area (Å²) >= 11 is 0. The highest BCUT2D eigenvalue weighted by Gasteiger charge is 1.72. The first-order valence-electron chi connectivity index (χ1n) is 2.41. The van der Waals surface area contributed by atoms with Crippen LogP contribution in [0.4, 0.5) is 0 Å². The summed E-state index contributed by atoms with van der Waals surface area (Å²) in [7, 11) is 0. The highest BCUT2D eigenvalue weighted by atomic mass is 13.8. The second kappa shape index (κ2) is 3.25. The van der Waals surface area contributed by atoms with Crippen LogP contribution in [0.1, 0.15) is 5.56 Å². The fourth-order valence-electron chi connectivity index (χ4n) is 0.534. The predicted molar refractivity (Wildman–Crippen MR) is 34.4 cm³/mol. The molecule has 1 aromatic rings. The zero-order chi connectivity index (χ0) is 5.11. The van der Waals surface area contributed by atoms with Crippen LogP contribution >= 0.6 is 0 Å². The van der Waals surface area contributed by atoms with Crippen molar-refractivity contribution in [3.63, 3.8) is 0 Å². The monoisotopic (exact) mass is 104 g/mol. The van der Waals surface area contributed by atoms with Gasteiger partial charge in [0.05, 0.1) is 0 Å². The molecular formula is C8H8. The third kappa shape index (κ3) is 1.78. The molecule has 0 aliphatic carbocycles. The maximum atomic E-state index is 2.08. The van der Waals surface area contributed by atoms with Crippen molar-refractivity contribution in [1.82, 2.24) is 0 Å². The second-order valence-corrected chi connectivity index (χ2v) is 1.65. The molecule has 0 saturated heterocycles. The van der Waals surface area contributed by atoms with E-state index in [4.69, 9.17) is 0 Å². The topological polar surface area (TPSA) is 0 Å². The minimum absolute atomic E-state index is 0. The zero-order valence-corrected chi connectivity index (χ0v) is 4.89. The van der Waals surface area contributed by atoms with Gasteiger partial charge in [0, 0.05) is 7.43 Å². The van der Waals surface area contributed by atoms with Crippen LogP contribution in [0.5, 0.6) is 0 Å². The summed E-state index contributed by atoms with van der Waals surface area (Å²) in [5.41, 5.74) is 1.32. The molecule has 0 unspecified atom stereocenters. The Labute approximate surface area is 51.2 Å². The first kappa shape index (κ1) is 7.22. The summed E-state index contributed by atoms with van der Waals surface area (Å²) in [6, 6.07) is 10.3. The van der Waals surface area contributed by atoms with Crippen molar-refractivity contribution in [2.45, 2.75) is 6.92 Å². The van der Waals surface area contributed by atoms with E-state index >= 15 is 0 Å². The lowest BCUT2D eigenvalue weighted by atomic mass is 10.2. The molecule has 0 heterocycles. The predicted octanol–water partition coefficient (Wildman–Crippen LogP) is 2.08. The minimum atomic E-state index is 0. The lowest BCUT2D eigenvalue weighted by molar-refractivity contribution is 1.48. The molecule has 0 fully saturated rings. The van der Waals surface area contributed by atoms with Gasteiger partial charge in [-0.05, 0) is 6.92 Å². The Morgan fingerprint density at radius 3 is 1.75 bits per heavy atom. The maximum absolute atomic E-state index is 2.08. The van der Waals surface area contributed by atoms with Gasteiger partial charge in [0.15, 0.2) is 0 Å². The molecule has 0 nitrogen and oxygen atoms in total. The average Bonchev–Trinajstić information content (AvgIpc) is 1.69. The van der Waals surface area contributed by atoms with E-state index in [9.17, 15) is 0 Å². The molecule has 1 aromatic carbocycles. The number of hydrogen-bond acceptors (Lipinski definition) is 0. The van der Waals surface area contributed by atoms with E-state index in [-0.39, 0.29) is 7.43 Å². The maximum Gasteiger partial charge on any atom is 0 e.